The maximum absolute atomic E-state index is 5.36. The molecule has 0 saturated carbocycles. The van der Waals surface area contributed by atoms with Gasteiger partial charge in [0.25, 0.3) is 0 Å². The summed E-state index contributed by atoms with van der Waals surface area (Å²) in [6, 6.07) is 0.304. The molecule has 3 heterocycles. The first-order chi connectivity index (χ1) is 8.42. The Morgan fingerprint density at radius 1 is 1.29 bits per heavy atom. The van der Waals surface area contributed by atoms with Crippen molar-refractivity contribution in [1.82, 2.24) is 15.5 Å². The van der Waals surface area contributed by atoms with Crippen LogP contribution < -0.4 is 5.32 Å². The average molecular weight is 253 g/mol. The van der Waals surface area contributed by atoms with Gasteiger partial charge in [0.2, 0.25) is 5.89 Å². The molecule has 0 amide bonds. The normalized spacial score (nSPS) is 26.5. The second-order valence-corrected chi connectivity index (χ2v) is 6.18. The molecule has 0 aliphatic carbocycles. The molecule has 0 radical (unpaired) electrons. The van der Waals surface area contributed by atoms with Gasteiger partial charge in [-0.25, -0.2) is 0 Å². The highest BCUT2D eigenvalue weighted by Gasteiger charge is 2.23. The van der Waals surface area contributed by atoms with E-state index in [1.165, 1.54) is 30.8 Å². The molecular weight excluding hydrogens is 234 g/mol. The first kappa shape index (κ1) is 11.5. The van der Waals surface area contributed by atoms with E-state index >= 15 is 0 Å². The van der Waals surface area contributed by atoms with Gasteiger partial charge in [-0.3, -0.25) is 0 Å². The van der Waals surface area contributed by atoms with E-state index < -0.39 is 0 Å². The van der Waals surface area contributed by atoms with Crippen LogP contribution in [0.2, 0.25) is 0 Å². The van der Waals surface area contributed by atoms with Crippen molar-refractivity contribution in [3.63, 3.8) is 0 Å². The van der Waals surface area contributed by atoms with Gasteiger partial charge in [-0.05, 0) is 49.7 Å². The van der Waals surface area contributed by atoms with Crippen LogP contribution in [0.3, 0.4) is 0 Å². The molecule has 3 rings (SSSR count). The summed E-state index contributed by atoms with van der Waals surface area (Å²) in [6.45, 7) is 1.07. The number of thioether (sulfide) groups is 1. The van der Waals surface area contributed by atoms with Gasteiger partial charge in [0.1, 0.15) is 0 Å². The highest BCUT2D eigenvalue weighted by molar-refractivity contribution is 7.99. The molecule has 0 aromatic carbocycles. The molecule has 2 saturated heterocycles. The summed E-state index contributed by atoms with van der Waals surface area (Å²) >= 11 is 2.06. The van der Waals surface area contributed by atoms with Gasteiger partial charge in [0.05, 0.1) is 6.04 Å². The summed E-state index contributed by atoms with van der Waals surface area (Å²) in [7, 11) is 0. The van der Waals surface area contributed by atoms with Gasteiger partial charge in [-0.2, -0.15) is 16.7 Å². The zero-order valence-electron chi connectivity index (χ0n) is 10.0. The lowest BCUT2D eigenvalue weighted by Gasteiger charge is -2.19. The van der Waals surface area contributed by atoms with E-state index in [0.29, 0.717) is 6.04 Å². The van der Waals surface area contributed by atoms with E-state index in [1.807, 2.05) is 0 Å². The van der Waals surface area contributed by atoms with Gasteiger partial charge in [-0.1, -0.05) is 5.16 Å². The molecule has 1 aromatic heterocycles. The van der Waals surface area contributed by atoms with Crippen LogP contribution in [-0.2, 0) is 6.42 Å². The van der Waals surface area contributed by atoms with Crippen LogP contribution in [0.25, 0.3) is 0 Å². The van der Waals surface area contributed by atoms with Gasteiger partial charge in [0, 0.05) is 6.42 Å². The number of nitrogens with zero attached hydrogens (tertiary/aromatic N) is 2. The third-order valence-electron chi connectivity index (χ3n) is 3.65. The SMILES string of the molecule is C1CNC(c2nc(CC3CCSCC3)no2)C1. The molecule has 17 heavy (non-hydrogen) atoms. The molecule has 0 bridgehead atoms. The molecule has 4 nitrogen and oxygen atoms in total. The summed E-state index contributed by atoms with van der Waals surface area (Å²) in [5.74, 6) is 5.05. The van der Waals surface area contributed by atoms with Crippen molar-refractivity contribution in [1.29, 1.82) is 0 Å². The number of hydrogen-bond donors (Lipinski definition) is 1. The quantitative estimate of drug-likeness (QED) is 0.894. The van der Waals surface area contributed by atoms with Crippen LogP contribution in [0, 0.1) is 5.92 Å². The Kier molecular flexibility index (Phi) is 3.66. The first-order valence-electron chi connectivity index (χ1n) is 6.55. The maximum atomic E-state index is 5.36. The van der Waals surface area contributed by atoms with E-state index in [-0.39, 0.29) is 0 Å². The monoisotopic (exact) mass is 253 g/mol. The number of aromatic nitrogens is 2. The van der Waals surface area contributed by atoms with Gasteiger partial charge >= 0.3 is 0 Å². The predicted octanol–water partition coefficient (Wildman–Crippen LogP) is 2.18. The van der Waals surface area contributed by atoms with E-state index in [9.17, 15) is 0 Å². The van der Waals surface area contributed by atoms with Crippen molar-refractivity contribution in [2.75, 3.05) is 18.1 Å². The smallest absolute Gasteiger partial charge is 0.243 e. The Balaban J connectivity index is 1.59. The first-order valence-corrected chi connectivity index (χ1v) is 7.71. The van der Waals surface area contributed by atoms with Crippen molar-refractivity contribution < 1.29 is 4.52 Å². The molecule has 5 heteroatoms. The number of rotatable bonds is 3. The number of nitrogens with one attached hydrogen (secondary N) is 1. The number of hydrogen-bond acceptors (Lipinski definition) is 5. The topological polar surface area (TPSA) is 51.0 Å². The second-order valence-electron chi connectivity index (χ2n) is 4.96. The van der Waals surface area contributed by atoms with Crippen molar-refractivity contribution in [2.45, 2.75) is 38.1 Å². The van der Waals surface area contributed by atoms with Crippen LogP contribution in [-0.4, -0.2) is 28.2 Å². The third kappa shape index (κ3) is 2.83. The van der Waals surface area contributed by atoms with Crippen LogP contribution in [0.5, 0.6) is 0 Å². The summed E-state index contributed by atoms with van der Waals surface area (Å²) < 4.78 is 5.36. The maximum Gasteiger partial charge on any atom is 0.243 e. The highest BCUT2D eigenvalue weighted by atomic mass is 32.2. The highest BCUT2D eigenvalue weighted by Crippen LogP contribution is 2.26. The largest absolute Gasteiger partial charge is 0.338 e. The van der Waals surface area contributed by atoms with Crippen molar-refractivity contribution in [3.8, 4) is 0 Å². The van der Waals surface area contributed by atoms with E-state index in [0.717, 1.165) is 37.0 Å². The lowest BCUT2D eigenvalue weighted by Crippen LogP contribution is -2.14. The van der Waals surface area contributed by atoms with Crippen LogP contribution >= 0.6 is 11.8 Å². The molecule has 2 aliphatic rings. The summed E-state index contributed by atoms with van der Waals surface area (Å²) in [6.07, 6.45) is 5.94. The molecule has 1 aromatic rings. The standard InChI is InChI=1S/C12H19N3OS/c1-2-10(13-5-1)12-14-11(15-16-12)8-9-3-6-17-7-4-9/h9-10,13H,1-8H2. The zero-order chi connectivity index (χ0) is 11.5. The summed E-state index contributed by atoms with van der Waals surface area (Å²) in [5.41, 5.74) is 0. The Labute approximate surface area is 106 Å². The summed E-state index contributed by atoms with van der Waals surface area (Å²) in [5, 5.41) is 7.51. The van der Waals surface area contributed by atoms with Crippen LogP contribution in [0.4, 0.5) is 0 Å². The Morgan fingerprint density at radius 2 is 2.18 bits per heavy atom. The molecule has 94 valence electrons. The fourth-order valence-electron chi connectivity index (χ4n) is 2.60. The van der Waals surface area contributed by atoms with Gasteiger partial charge in [0.15, 0.2) is 5.82 Å². The van der Waals surface area contributed by atoms with E-state index in [1.54, 1.807) is 0 Å². The third-order valence-corrected chi connectivity index (χ3v) is 4.70. The van der Waals surface area contributed by atoms with Crippen LogP contribution in [0.15, 0.2) is 4.52 Å². The van der Waals surface area contributed by atoms with Crippen molar-refractivity contribution >= 4 is 11.8 Å². The van der Waals surface area contributed by atoms with Gasteiger partial charge in [-0.15, -0.1) is 0 Å². The Hall–Kier alpha value is -0.550. The van der Waals surface area contributed by atoms with E-state index in [4.69, 9.17) is 4.52 Å². The lowest BCUT2D eigenvalue weighted by atomic mass is 9.99. The van der Waals surface area contributed by atoms with Crippen LogP contribution in [0.1, 0.15) is 43.4 Å². The molecule has 1 atom stereocenters. The fourth-order valence-corrected chi connectivity index (χ4v) is 3.80. The fraction of sp³-hybridized carbons (Fsp3) is 0.833. The molecule has 2 aliphatic heterocycles. The molecule has 0 spiro atoms. The minimum Gasteiger partial charge on any atom is -0.338 e. The molecule has 1 N–H and O–H groups in total. The molecular formula is C12H19N3OS. The minimum atomic E-state index is 0.304. The predicted molar refractivity (Wildman–Crippen MR) is 68.0 cm³/mol. The van der Waals surface area contributed by atoms with Crippen molar-refractivity contribution in [3.05, 3.63) is 11.7 Å². The Morgan fingerprint density at radius 3 is 2.94 bits per heavy atom. The summed E-state index contributed by atoms with van der Waals surface area (Å²) in [4.78, 5) is 4.54. The minimum absolute atomic E-state index is 0.304. The van der Waals surface area contributed by atoms with Gasteiger partial charge < -0.3 is 9.84 Å². The Bertz CT molecular complexity index is 356. The van der Waals surface area contributed by atoms with Crippen molar-refractivity contribution in [2.24, 2.45) is 5.92 Å². The van der Waals surface area contributed by atoms with E-state index in [2.05, 4.69) is 27.2 Å². The lowest BCUT2D eigenvalue weighted by molar-refractivity contribution is 0.338. The molecule has 1 unspecified atom stereocenters. The molecule has 2 fully saturated rings. The average Bonchev–Trinajstić information content (AvgIpc) is 3.00. The zero-order valence-corrected chi connectivity index (χ0v) is 10.8. The second kappa shape index (κ2) is 5.40.